The molecule has 104 valence electrons. The lowest BCUT2D eigenvalue weighted by Crippen LogP contribution is -1.95. The van der Waals surface area contributed by atoms with Crippen molar-refractivity contribution in [3.05, 3.63) is 70.8 Å². The Kier molecular flexibility index (Phi) is 3.16. The summed E-state index contributed by atoms with van der Waals surface area (Å²) in [4.78, 5) is 10.3. The maximum absolute atomic E-state index is 10.8. The second-order valence-electron chi connectivity index (χ2n) is 4.59. The van der Waals surface area contributed by atoms with Gasteiger partial charge in [-0.25, -0.2) is 0 Å². The smallest absolute Gasteiger partial charge is 0.273 e. The summed E-state index contributed by atoms with van der Waals surface area (Å²) in [5.74, 6) is 0.861. The summed E-state index contributed by atoms with van der Waals surface area (Å²) in [5.41, 5.74) is 6.10. The Morgan fingerprint density at radius 3 is 2.48 bits per heavy atom. The second kappa shape index (κ2) is 5.13. The third kappa shape index (κ3) is 2.62. The van der Waals surface area contributed by atoms with Crippen molar-refractivity contribution in [2.45, 2.75) is 0 Å². The highest BCUT2D eigenvalue weighted by molar-refractivity contribution is 5.83. The number of nitro groups is 1. The van der Waals surface area contributed by atoms with Gasteiger partial charge in [0.1, 0.15) is 5.75 Å². The molecule has 0 saturated carbocycles. The van der Waals surface area contributed by atoms with E-state index in [-0.39, 0.29) is 11.4 Å². The standard InChI is InChI=1S/C16H12N2O3/c17-15-8-6-13(18(19)20)10-16(15)21-14-7-5-11-3-1-2-4-12(11)9-14/h1-10H,17H2. The molecule has 0 heterocycles. The monoisotopic (exact) mass is 280 g/mol. The zero-order valence-electron chi connectivity index (χ0n) is 11.0. The third-order valence-corrected chi connectivity index (χ3v) is 3.16. The summed E-state index contributed by atoms with van der Waals surface area (Å²) < 4.78 is 5.68. The van der Waals surface area contributed by atoms with Crippen LogP contribution in [-0.2, 0) is 0 Å². The molecule has 0 amide bonds. The fraction of sp³-hybridized carbons (Fsp3) is 0. The first-order chi connectivity index (χ1) is 10.1. The highest BCUT2D eigenvalue weighted by Crippen LogP contribution is 2.32. The van der Waals surface area contributed by atoms with E-state index >= 15 is 0 Å². The summed E-state index contributed by atoms with van der Waals surface area (Å²) in [6, 6.07) is 17.6. The molecule has 0 spiro atoms. The normalized spacial score (nSPS) is 10.5. The van der Waals surface area contributed by atoms with Gasteiger partial charge in [-0.3, -0.25) is 10.1 Å². The highest BCUT2D eigenvalue weighted by atomic mass is 16.6. The van der Waals surface area contributed by atoms with Crippen LogP contribution in [0.2, 0.25) is 0 Å². The van der Waals surface area contributed by atoms with Gasteiger partial charge in [-0.05, 0) is 29.0 Å². The minimum atomic E-state index is -0.479. The van der Waals surface area contributed by atoms with Crippen LogP contribution in [0.3, 0.4) is 0 Å². The van der Waals surface area contributed by atoms with Crippen LogP contribution in [0.25, 0.3) is 10.8 Å². The molecule has 0 bridgehead atoms. The summed E-state index contributed by atoms with van der Waals surface area (Å²) in [6.45, 7) is 0. The lowest BCUT2D eigenvalue weighted by molar-refractivity contribution is -0.384. The minimum absolute atomic E-state index is 0.0556. The van der Waals surface area contributed by atoms with Crippen LogP contribution >= 0.6 is 0 Å². The number of nitrogens with two attached hydrogens (primary N) is 1. The van der Waals surface area contributed by atoms with Crippen molar-refractivity contribution in [2.24, 2.45) is 0 Å². The number of anilines is 1. The van der Waals surface area contributed by atoms with Gasteiger partial charge in [-0.15, -0.1) is 0 Å². The summed E-state index contributed by atoms with van der Waals surface area (Å²) in [5, 5.41) is 12.9. The van der Waals surface area contributed by atoms with Crippen LogP contribution in [0.15, 0.2) is 60.7 Å². The van der Waals surface area contributed by atoms with Crippen LogP contribution in [0.4, 0.5) is 11.4 Å². The van der Waals surface area contributed by atoms with E-state index in [1.165, 1.54) is 18.2 Å². The van der Waals surface area contributed by atoms with E-state index < -0.39 is 4.92 Å². The van der Waals surface area contributed by atoms with Gasteiger partial charge in [0.15, 0.2) is 5.75 Å². The van der Waals surface area contributed by atoms with Gasteiger partial charge in [0.2, 0.25) is 0 Å². The molecule has 5 nitrogen and oxygen atoms in total. The van der Waals surface area contributed by atoms with E-state index in [9.17, 15) is 10.1 Å². The molecule has 21 heavy (non-hydrogen) atoms. The van der Waals surface area contributed by atoms with E-state index in [0.717, 1.165) is 10.8 Å². The van der Waals surface area contributed by atoms with Crippen molar-refractivity contribution < 1.29 is 9.66 Å². The predicted octanol–water partition coefficient (Wildman–Crippen LogP) is 4.12. The van der Waals surface area contributed by atoms with Crippen LogP contribution in [0.1, 0.15) is 0 Å². The van der Waals surface area contributed by atoms with Crippen molar-refractivity contribution in [2.75, 3.05) is 5.73 Å². The average molecular weight is 280 g/mol. The molecule has 3 aromatic rings. The fourth-order valence-electron chi connectivity index (χ4n) is 2.08. The summed E-state index contributed by atoms with van der Waals surface area (Å²) >= 11 is 0. The first-order valence-electron chi connectivity index (χ1n) is 6.34. The Morgan fingerprint density at radius 2 is 1.71 bits per heavy atom. The molecule has 0 aliphatic heterocycles. The molecule has 0 aliphatic rings. The number of fused-ring (bicyclic) bond motifs is 1. The molecule has 3 rings (SSSR count). The number of hydrogen-bond donors (Lipinski definition) is 1. The Bertz CT molecular complexity index is 831. The average Bonchev–Trinajstić information content (AvgIpc) is 2.49. The second-order valence-corrected chi connectivity index (χ2v) is 4.59. The molecule has 5 heteroatoms. The number of ether oxygens (including phenoxy) is 1. The van der Waals surface area contributed by atoms with Gasteiger partial charge in [-0.1, -0.05) is 30.3 Å². The minimum Gasteiger partial charge on any atom is -0.455 e. The van der Waals surface area contributed by atoms with E-state index in [2.05, 4.69) is 0 Å². The van der Waals surface area contributed by atoms with E-state index in [4.69, 9.17) is 10.5 Å². The van der Waals surface area contributed by atoms with Crippen LogP contribution in [0, 0.1) is 10.1 Å². The third-order valence-electron chi connectivity index (χ3n) is 3.16. The molecule has 2 N–H and O–H groups in total. The zero-order valence-corrected chi connectivity index (χ0v) is 11.0. The van der Waals surface area contributed by atoms with Crippen LogP contribution < -0.4 is 10.5 Å². The number of nitro benzene ring substituents is 1. The van der Waals surface area contributed by atoms with Gasteiger partial charge >= 0.3 is 0 Å². The van der Waals surface area contributed by atoms with E-state index in [1.807, 2.05) is 36.4 Å². The number of nitrogens with zero attached hydrogens (tertiary/aromatic N) is 1. The van der Waals surface area contributed by atoms with Gasteiger partial charge in [0.25, 0.3) is 5.69 Å². The summed E-state index contributed by atoms with van der Waals surface area (Å²) in [7, 11) is 0. The van der Waals surface area contributed by atoms with Crippen LogP contribution in [0.5, 0.6) is 11.5 Å². The Balaban J connectivity index is 1.98. The topological polar surface area (TPSA) is 78.4 Å². The van der Waals surface area contributed by atoms with E-state index in [0.29, 0.717) is 11.4 Å². The highest BCUT2D eigenvalue weighted by Gasteiger charge is 2.11. The lowest BCUT2D eigenvalue weighted by Gasteiger charge is -2.09. The lowest BCUT2D eigenvalue weighted by atomic mass is 10.1. The maximum Gasteiger partial charge on any atom is 0.273 e. The first-order valence-corrected chi connectivity index (χ1v) is 6.34. The van der Waals surface area contributed by atoms with Crippen molar-refractivity contribution in [3.63, 3.8) is 0 Å². The molecular formula is C16H12N2O3. The summed E-state index contributed by atoms with van der Waals surface area (Å²) in [6.07, 6.45) is 0. The largest absolute Gasteiger partial charge is 0.455 e. The van der Waals surface area contributed by atoms with E-state index in [1.54, 1.807) is 6.07 Å². The molecule has 0 atom stereocenters. The molecule has 3 aromatic carbocycles. The van der Waals surface area contributed by atoms with Crippen molar-refractivity contribution in [3.8, 4) is 11.5 Å². The first kappa shape index (κ1) is 12.9. The van der Waals surface area contributed by atoms with Gasteiger partial charge in [0, 0.05) is 6.07 Å². The zero-order chi connectivity index (χ0) is 14.8. The van der Waals surface area contributed by atoms with Gasteiger partial charge in [-0.2, -0.15) is 0 Å². The van der Waals surface area contributed by atoms with Crippen molar-refractivity contribution >= 4 is 22.1 Å². The number of nitrogen functional groups attached to an aromatic ring is 1. The molecule has 0 aliphatic carbocycles. The molecule has 0 radical (unpaired) electrons. The van der Waals surface area contributed by atoms with Crippen molar-refractivity contribution in [1.29, 1.82) is 0 Å². The quantitative estimate of drug-likeness (QED) is 0.444. The van der Waals surface area contributed by atoms with Crippen LogP contribution in [-0.4, -0.2) is 4.92 Å². The van der Waals surface area contributed by atoms with Gasteiger partial charge < -0.3 is 10.5 Å². The van der Waals surface area contributed by atoms with Crippen molar-refractivity contribution in [1.82, 2.24) is 0 Å². The number of rotatable bonds is 3. The Hall–Kier alpha value is -3.08. The van der Waals surface area contributed by atoms with Gasteiger partial charge in [0.05, 0.1) is 16.7 Å². The number of non-ortho nitro benzene ring substituents is 1. The molecule has 0 unspecified atom stereocenters. The molecule has 0 saturated heterocycles. The molecule has 0 aromatic heterocycles. The number of hydrogen-bond acceptors (Lipinski definition) is 4. The fourth-order valence-corrected chi connectivity index (χ4v) is 2.08. The Labute approximate surface area is 120 Å². The number of benzene rings is 3. The maximum atomic E-state index is 10.8. The molecular weight excluding hydrogens is 268 g/mol. The molecule has 0 fully saturated rings. The Morgan fingerprint density at radius 1 is 0.952 bits per heavy atom. The SMILES string of the molecule is Nc1ccc([N+](=O)[O-])cc1Oc1ccc2ccccc2c1. The predicted molar refractivity (Wildman–Crippen MR) is 81.5 cm³/mol.